The molecule has 9 atom stereocenters. The van der Waals surface area contributed by atoms with E-state index in [-0.39, 0.29) is 44.4 Å². The predicted molar refractivity (Wildman–Crippen MR) is 278 cm³/mol. The van der Waals surface area contributed by atoms with Crippen molar-refractivity contribution in [1.82, 2.24) is 19.5 Å². The van der Waals surface area contributed by atoms with Crippen LogP contribution in [0.1, 0.15) is 64.7 Å². The van der Waals surface area contributed by atoms with Crippen molar-refractivity contribution in [1.29, 1.82) is 0 Å². The van der Waals surface area contributed by atoms with E-state index in [0.29, 0.717) is 17.0 Å². The first-order chi connectivity index (χ1) is 36.7. The SMILES string of the molecule is CC1(C)O[C@@H]2[C@H](O1)[C@@H](CO)O[C@H]2n1c(O[C@H]2[C@H](COCc3ccccc3)C[C@@H](OCc3ccccc3)[C@H](O)[C@@H]2OC(=O)c2ccccc2)nc2c(NC(c3ccccc3)(c3ccccc3)c3ccccc3)ncnc21. The number of esters is 1. The van der Waals surface area contributed by atoms with Crippen LogP contribution in [0.3, 0.4) is 0 Å². The van der Waals surface area contributed by atoms with Crippen molar-refractivity contribution in [3.63, 3.8) is 0 Å². The van der Waals surface area contributed by atoms with E-state index in [2.05, 4.69) is 41.7 Å². The molecule has 2 aliphatic heterocycles. The zero-order valence-corrected chi connectivity index (χ0v) is 41.6. The van der Waals surface area contributed by atoms with E-state index in [9.17, 15) is 15.0 Å². The standard InChI is InChI=1S/C60H59N5O10/c1-59(2)74-51-47(34-66)71-56(53(51)75-59)65-55-48(54(61-38-62-55)64-60(43-27-15-6-16-28-43,44-29-17-7-18-30-44)45-31-19-8-20-32-45)63-58(65)73-50-42(37-69-35-39-21-9-3-10-22-39)33-46(70-36-40-23-11-4-12-24-40)49(67)52(50)72-57(68)41-25-13-5-14-26-41/h3-32,38,42,46-47,49-53,56,66-67H,33-37H2,1-2H3,(H,61,62,64)/t42-,46+,47+,49-,50-,51+,52-,53+,56+/m0/s1. The summed E-state index contributed by atoms with van der Waals surface area (Å²) in [6.45, 7) is 3.84. The number of carbonyl (C=O) groups excluding carboxylic acids is 1. The molecule has 11 rings (SSSR count). The van der Waals surface area contributed by atoms with Crippen LogP contribution in [-0.4, -0.2) is 97.4 Å². The van der Waals surface area contributed by atoms with Gasteiger partial charge in [0.25, 0.3) is 0 Å². The van der Waals surface area contributed by atoms with Crippen molar-refractivity contribution in [2.75, 3.05) is 18.5 Å². The van der Waals surface area contributed by atoms with Gasteiger partial charge in [-0.15, -0.1) is 0 Å². The number of rotatable bonds is 18. The molecule has 0 radical (unpaired) electrons. The van der Waals surface area contributed by atoms with E-state index in [1.807, 2.05) is 135 Å². The molecule has 15 heteroatoms. The van der Waals surface area contributed by atoms with Crippen molar-refractivity contribution >= 4 is 23.0 Å². The number of aliphatic hydroxyl groups is 2. The minimum absolute atomic E-state index is 0.0106. The van der Waals surface area contributed by atoms with E-state index in [4.69, 9.17) is 48.1 Å². The Bertz CT molecular complexity index is 3040. The summed E-state index contributed by atoms with van der Waals surface area (Å²) < 4.78 is 48.1. The number of nitrogens with zero attached hydrogens (tertiary/aromatic N) is 4. The van der Waals surface area contributed by atoms with Crippen molar-refractivity contribution < 1.29 is 48.2 Å². The van der Waals surface area contributed by atoms with Gasteiger partial charge in [0.2, 0.25) is 0 Å². The second-order valence-corrected chi connectivity index (χ2v) is 19.6. The van der Waals surface area contributed by atoms with Gasteiger partial charge in [0.05, 0.1) is 38.1 Å². The summed E-state index contributed by atoms with van der Waals surface area (Å²) in [5.74, 6) is -1.93. The highest BCUT2D eigenvalue weighted by atomic mass is 16.8. The van der Waals surface area contributed by atoms with E-state index >= 15 is 0 Å². The molecule has 6 aromatic carbocycles. The number of aromatic nitrogens is 4. The number of imidazole rings is 1. The quantitative estimate of drug-likeness (QED) is 0.0549. The normalized spacial score (nSPS) is 24.1. The van der Waals surface area contributed by atoms with Gasteiger partial charge < -0.3 is 48.7 Å². The first-order valence-corrected chi connectivity index (χ1v) is 25.4. The summed E-state index contributed by atoms with van der Waals surface area (Å²) in [6.07, 6.45) is -6.22. The maximum atomic E-state index is 14.3. The number of carbonyl (C=O) groups is 1. The van der Waals surface area contributed by atoms with Gasteiger partial charge in [0.15, 0.2) is 35.1 Å². The van der Waals surface area contributed by atoms with Crippen molar-refractivity contribution in [2.45, 2.75) is 93.8 Å². The summed E-state index contributed by atoms with van der Waals surface area (Å²) in [6, 6.07) is 58.5. The van der Waals surface area contributed by atoms with Gasteiger partial charge >= 0.3 is 12.0 Å². The molecule has 4 heterocycles. The molecule has 3 aliphatic rings. The number of benzene rings is 6. The van der Waals surface area contributed by atoms with Crippen LogP contribution in [0.4, 0.5) is 5.82 Å². The first-order valence-electron chi connectivity index (χ1n) is 25.4. The second-order valence-electron chi connectivity index (χ2n) is 19.6. The Morgan fingerprint density at radius 2 is 1.27 bits per heavy atom. The highest BCUT2D eigenvalue weighted by Crippen LogP contribution is 2.47. The molecule has 0 bridgehead atoms. The van der Waals surface area contributed by atoms with Crippen LogP contribution in [0.2, 0.25) is 0 Å². The van der Waals surface area contributed by atoms with Crippen LogP contribution < -0.4 is 10.1 Å². The minimum Gasteiger partial charge on any atom is -0.457 e. The fraction of sp³-hybridized carbons (Fsp3) is 0.300. The highest BCUT2D eigenvalue weighted by molar-refractivity contribution is 5.89. The fourth-order valence-electron chi connectivity index (χ4n) is 10.7. The monoisotopic (exact) mass is 1010 g/mol. The van der Waals surface area contributed by atoms with Gasteiger partial charge in [-0.1, -0.05) is 170 Å². The number of anilines is 1. The Morgan fingerprint density at radius 3 is 1.85 bits per heavy atom. The number of hydrogen-bond donors (Lipinski definition) is 3. The fourth-order valence-corrected chi connectivity index (χ4v) is 10.7. The van der Waals surface area contributed by atoms with Gasteiger partial charge in [0.1, 0.15) is 42.4 Å². The third-order valence-electron chi connectivity index (χ3n) is 14.2. The lowest BCUT2D eigenvalue weighted by Crippen LogP contribution is -2.59. The topological polar surface area (TPSA) is 178 Å². The summed E-state index contributed by atoms with van der Waals surface area (Å²) >= 11 is 0. The van der Waals surface area contributed by atoms with Gasteiger partial charge in [-0.3, -0.25) is 0 Å². The molecule has 2 aromatic heterocycles. The van der Waals surface area contributed by atoms with Gasteiger partial charge in [-0.25, -0.2) is 19.3 Å². The van der Waals surface area contributed by atoms with Crippen LogP contribution >= 0.6 is 0 Å². The molecule has 2 saturated heterocycles. The molecule has 1 aliphatic carbocycles. The van der Waals surface area contributed by atoms with Crippen molar-refractivity contribution in [2.24, 2.45) is 5.92 Å². The number of fused-ring (bicyclic) bond motifs is 2. The molecule has 0 unspecified atom stereocenters. The Balaban J connectivity index is 1.06. The van der Waals surface area contributed by atoms with Crippen molar-refractivity contribution in [3.8, 4) is 6.01 Å². The zero-order chi connectivity index (χ0) is 51.4. The van der Waals surface area contributed by atoms with E-state index < -0.39 is 72.2 Å². The molecule has 1 saturated carbocycles. The van der Waals surface area contributed by atoms with E-state index in [1.165, 1.54) is 6.33 Å². The number of aliphatic hydroxyl groups excluding tert-OH is 2. The van der Waals surface area contributed by atoms with Gasteiger partial charge in [-0.05, 0) is 60.2 Å². The Kier molecular flexibility index (Phi) is 14.5. The summed E-state index contributed by atoms with van der Waals surface area (Å²) in [7, 11) is 0. The Hall–Kier alpha value is -7.34. The van der Waals surface area contributed by atoms with Crippen LogP contribution in [-0.2, 0) is 47.2 Å². The van der Waals surface area contributed by atoms with Crippen LogP contribution in [0.15, 0.2) is 188 Å². The molecule has 384 valence electrons. The molecular formula is C60H59N5O10. The lowest BCUT2D eigenvalue weighted by atomic mass is 9.77. The third-order valence-corrected chi connectivity index (χ3v) is 14.2. The molecule has 3 N–H and O–H groups in total. The van der Waals surface area contributed by atoms with Crippen LogP contribution in [0, 0.1) is 5.92 Å². The maximum absolute atomic E-state index is 14.3. The third kappa shape index (κ3) is 10.3. The van der Waals surface area contributed by atoms with Gasteiger partial charge in [-0.2, -0.15) is 4.98 Å². The molecule has 3 fully saturated rings. The molecule has 8 aromatic rings. The summed E-state index contributed by atoms with van der Waals surface area (Å²) in [5, 5.41) is 27.2. The average Bonchev–Trinajstić information content (AvgIpc) is 4.10. The number of nitrogens with one attached hydrogen (secondary N) is 1. The largest absolute Gasteiger partial charge is 0.457 e. The smallest absolute Gasteiger partial charge is 0.338 e. The van der Waals surface area contributed by atoms with Crippen molar-refractivity contribution in [3.05, 3.63) is 222 Å². The lowest BCUT2D eigenvalue weighted by molar-refractivity contribution is -0.202. The molecular weight excluding hydrogens is 951 g/mol. The molecule has 75 heavy (non-hydrogen) atoms. The summed E-state index contributed by atoms with van der Waals surface area (Å²) in [5.41, 5.74) is 4.52. The number of ether oxygens (including phenoxy) is 7. The molecule has 0 amide bonds. The lowest BCUT2D eigenvalue weighted by Gasteiger charge is -2.43. The second kappa shape index (κ2) is 21.9. The minimum atomic E-state index is -1.38. The predicted octanol–water partition coefficient (Wildman–Crippen LogP) is 8.80. The van der Waals surface area contributed by atoms with Crippen LogP contribution in [0.25, 0.3) is 11.2 Å². The van der Waals surface area contributed by atoms with E-state index in [0.717, 1.165) is 27.8 Å². The highest BCUT2D eigenvalue weighted by Gasteiger charge is 2.57. The average molecular weight is 1010 g/mol. The maximum Gasteiger partial charge on any atom is 0.338 e. The van der Waals surface area contributed by atoms with Gasteiger partial charge in [0, 0.05) is 5.92 Å². The van der Waals surface area contributed by atoms with Crippen LogP contribution in [0.5, 0.6) is 6.01 Å². The zero-order valence-electron chi connectivity index (χ0n) is 41.6. The Labute approximate surface area is 435 Å². The summed E-state index contributed by atoms with van der Waals surface area (Å²) in [4.78, 5) is 29.4. The first kappa shape index (κ1) is 49.9. The number of hydrogen-bond acceptors (Lipinski definition) is 14. The Morgan fingerprint density at radius 1 is 0.720 bits per heavy atom. The van der Waals surface area contributed by atoms with E-state index in [1.54, 1.807) is 28.8 Å². The molecule has 15 nitrogen and oxygen atoms in total. The molecule has 0 spiro atoms.